The van der Waals surface area contributed by atoms with Gasteiger partial charge >= 0.3 is 0 Å². The Labute approximate surface area is 164 Å². The first-order valence-electron chi connectivity index (χ1n) is 9.20. The van der Waals surface area contributed by atoms with Crippen molar-refractivity contribution in [2.75, 3.05) is 5.32 Å². The standard InChI is InChI=1S/C22H22N4O2/c1-2-3-14-22(25-26-22)15-13-20(27)24-19-11-9-18(10-12-19)21(28)23-16-17-7-5-4-6-8-17/h1,4-12H,3,13-16H2,(H,23,28)(H,24,27). The molecule has 3 rings (SSSR count). The fourth-order valence-corrected chi connectivity index (χ4v) is 2.79. The van der Waals surface area contributed by atoms with Gasteiger partial charge < -0.3 is 10.6 Å². The first-order chi connectivity index (χ1) is 13.6. The maximum Gasteiger partial charge on any atom is 0.251 e. The lowest BCUT2D eigenvalue weighted by atomic mass is 10.0. The number of carbonyl (C=O) groups is 2. The average molecular weight is 374 g/mol. The van der Waals surface area contributed by atoms with E-state index in [0.717, 1.165) is 5.56 Å². The molecule has 28 heavy (non-hydrogen) atoms. The van der Waals surface area contributed by atoms with Gasteiger partial charge in [-0.25, -0.2) is 0 Å². The van der Waals surface area contributed by atoms with Crippen LogP contribution in [0.25, 0.3) is 0 Å². The number of hydrogen-bond donors (Lipinski definition) is 2. The molecule has 0 bridgehead atoms. The van der Waals surface area contributed by atoms with Crippen molar-refractivity contribution in [3.05, 3.63) is 65.7 Å². The summed E-state index contributed by atoms with van der Waals surface area (Å²) in [5.74, 6) is 2.30. The highest BCUT2D eigenvalue weighted by Crippen LogP contribution is 2.37. The second-order valence-electron chi connectivity index (χ2n) is 6.68. The van der Waals surface area contributed by atoms with Crippen molar-refractivity contribution in [3.8, 4) is 12.3 Å². The summed E-state index contributed by atoms with van der Waals surface area (Å²) in [7, 11) is 0. The molecule has 142 valence electrons. The highest BCUT2D eigenvalue weighted by atomic mass is 16.2. The summed E-state index contributed by atoms with van der Waals surface area (Å²) in [6.07, 6.45) is 7.42. The van der Waals surface area contributed by atoms with Crippen LogP contribution in [0, 0.1) is 12.3 Å². The Balaban J connectivity index is 1.44. The van der Waals surface area contributed by atoms with E-state index >= 15 is 0 Å². The van der Waals surface area contributed by atoms with Gasteiger partial charge in [0.2, 0.25) is 5.91 Å². The molecule has 0 unspecified atom stereocenters. The molecule has 1 heterocycles. The van der Waals surface area contributed by atoms with E-state index in [1.54, 1.807) is 24.3 Å². The summed E-state index contributed by atoms with van der Waals surface area (Å²) >= 11 is 0. The van der Waals surface area contributed by atoms with Gasteiger partial charge in [0.15, 0.2) is 5.66 Å². The number of hydrogen-bond acceptors (Lipinski definition) is 4. The Hall–Kier alpha value is -3.46. The molecule has 2 N–H and O–H groups in total. The van der Waals surface area contributed by atoms with Crippen LogP contribution in [0.3, 0.4) is 0 Å². The fraction of sp³-hybridized carbons (Fsp3) is 0.273. The fourth-order valence-electron chi connectivity index (χ4n) is 2.79. The molecule has 0 atom stereocenters. The van der Waals surface area contributed by atoms with E-state index < -0.39 is 5.66 Å². The van der Waals surface area contributed by atoms with Crippen molar-refractivity contribution in [1.29, 1.82) is 0 Å². The summed E-state index contributed by atoms with van der Waals surface area (Å²) in [4.78, 5) is 24.3. The van der Waals surface area contributed by atoms with Crippen LogP contribution in [0.4, 0.5) is 5.69 Å². The van der Waals surface area contributed by atoms with Gasteiger partial charge in [-0.1, -0.05) is 30.3 Å². The number of carbonyl (C=O) groups excluding carboxylic acids is 2. The van der Waals surface area contributed by atoms with Crippen molar-refractivity contribution in [2.24, 2.45) is 10.2 Å². The SMILES string of the molecule is C#CCCC1(CCC(=O)Nc2ccc(C(=O)NCc3ccccc3)cc2)N=N1. The maximum absolute atomic E-state index is 12.2. The average Bonchev–Trinajstić information content (AvgIpc) is 3.50. The Morgan fingerprint density at radius 1 is 1.00 bits per heavy atom. The second kappa shape index (κ2) is 8.96. The summed E-state index contributed by atoms with van der Waals surface area (Å²) in [6.45, 7) is 0.468. The van der Waals surface area contributed by atoms with E-state index in [1.165, 1.54) is 0 Å². The summed E-state index contributed by atoms with van der Waals surface area (Å²) in [5, 5.41) is 13.8. The molecule has 2 aromatic rings. The monoisotopic (exact) mass is 374 g/mol. The lowest BCUT2D eigenvalue weighted by Gasteiger charge is -2.10. The summed E-state index contributed by atoms with van der Waals surface area (Å²) in [5.41, 5.74) is 1.77. The molecular weight excluding hydrogens is 352 g/mol. The predicted octanol–water partition coefficient (Wildman–Crippen LogP) is 3.91. The molecule has 0 aliphatic carbocycles. The molecule has 6 nitrogen and oxygen atoms in total. The smallest absolute Gasteiger partial charge is 0.251 e. The molecular formula is C22H22N4O2. The van der Waals surface area contributed by atoms with Gasteiger partial charge in [0.25, 0.3) is 5.91 Å². The van der Waals surface area contributed by atoms with Gasteiger partial charge in [0.05, 0.1) is 0 Å². The number of nitrogens with zero attached hydrogens (tertiary/aromatic N) is 2. The third-order valence-corrected chi connectivity index (χ3v) is 4.53. The molecule has 1 aliphatic rings. The lowest BCUT2D eigenvalue weighted by Crippen LogP contribution is -2.22. The van der Waals surface area contributed by atoms with Crippen molar-refractivity contribution in [1.82, 2.24) is 5.32 Å². The largest absolute Gasteiger partial charge is 0.348 e. The molecule has 0 fully saturated rings. The highest BCUT2D eigenvalue weighted by Gasteiger charge is 2.39. The summed E-state index contributed by atoms with van der Waals surface area (Å²) in [6, 6.07) is 16.5. The second-order valence-corrected chi connectivity index (χ2v) is 6.68. The quantitative estimate of drug-likeness (QED) is 0.652. The minimum atomic E-state index is -0.454. The van der Waals surface area contributed by atoms with Crippen LogP contribution in [0.15, 0.2) is 64.8 Å². The number of amides is 2. The van der Waals surface area contributed by atoms with Crippen LogP contribution < -0.4 is 10.6 Å². The van der Waals surface area contributed by atoms with Crippen molar-refractivity contribution in [3.63, 3.8) is 0 Å². The van der Waals surface area contributed by atoms with E-state index in [4.69, 9.17) is 6.42 Å². The zero-order chi connectivity index (χ0) is 19.8. The lowest BCUT2D eigenvalue weighted by molar-refractivity contribution is -0.116. The minimum absolute atomic E-state index is 0.112. The molecule has 2 aromatic carbocycles. The number of benzene rings is 2. The topological polar surface area (TPSA) is 82.9 Å². The minimum Gasteiger partial charge on any atom is -0.348 e. The Morgan fingerprint density at radius 2 is 1.71 bits per heavy atom. The third kappa shape index (κ3) is 5.52. The Kier molecular flexibility index (Phi) is 6.18. The van der Waals surface area contributed by atoms with Crippen LogP contribution in [-0.2, 0) is 11.3 Å². The number of rotatable bonds is 9. The molecule has 0 saturated heterocycles. The van der Waals surface area contributed by atoms with Gasteiger partial charge in [-0.3, -0.25) is 9.59 Å². The van der Waals surface area contributed by atoms with Gasteiger partial charge in [0.1, 0.15) is 0 Å². The normalized spacial score (nSPS) is 13.4. The van der Waals surface area contributed by atoms with E-state index in [9.17, 15) is 9.59 Å². The van der Waals surface area contributed by atoms with Gasteiger partial charge in [-0.15, -0.1) is 12.3 Å². The molecule has 1 aliphatic heterocycles. The van der Waals surface area contributed by atoms with Crippen LogP contribution in [-0.4, -0.2) is 17.5 Å². The van der Waals surface area contributed by atoms with E-state index in [-0.39, 0.29) is 11.8 Å². The number of nitrogens with one attached hydrogen (secondary N) is 2. The third-order valence-electron chi connectivity index (χ3n) is 4.53. The zero-order valence-electron chi connectivity index (χ0n) is 15.5. The van der Waals surface area contributed by atoms with Gasteiger partial charge in [-0.2, -0.15) is 10.2 Å². The van der Waals surface area contributed by atoms with Crippen molar-refractivity contribution < 1.29 is 9.59 Å². The predicted molar refractivity (Wildman–Crippen MR) is 108 cm³/mol. The van der Waals surface area contributed by atoms with Crippen LogP contribution in [0.2, 0.25) is 0 Å². The van der Waals surface area contributed by atoms with Crippen LogP contribution in [0.1, 0.15) is 41.6 Å². The Bertz CT molecular complexity index is 892. The van der Waals surface area contributed by atoms with Gasteiger partial charge in [0, 0.05) is 43.5 Å². The van der Waals surface area contributed by atoms with E-state index in [1.807, 2.05) is 30.3 Å². The molecule has 2 amide bonds. The molecule has 0 aromatic heterocycles. The molecule has 0 saturated carbocycles. The van der Waals surface area contributed by atoms with Crippen molar-refractivity contribution in [2.45, 2.75) is 37.9 Å². The van der Waals surface area contributed by atoms with Crippen molar-refractivity contribution >= 4 is 17.5 Å². The van der Waals surface area contributed by atoms with E-state index in [2.05, 4.69) is 26.8 Å². The highest BCUT2D eigenvalue weighted by molar-refractivity contribution is 5.95. The number of anilines is 1. The number of terminal acetylenes is 1. The van der Waals surface area contributed by atoms with Crippen LogP contribution in [0.5, 0.6) is 0 Å². The maximum atomic E-state index is 12.2. The summed E-state index contributed by atoms with van der Waals surface area (Å²) < 4.78 is 0. The first kappa shape index (κ1) is 19.3. The van der Waals surface area contributed by atoms with Gasteiger partial charge in [-0.05, 0) is 29.8 Å². The Morgan fingerprint density at radius 3 is 2.36 bits per heavy atom. The zero-order valence-corrected chi connectivity index (χ0v) is 15.5. The molecule has 0 spiro atoms. The first-order valence-corrected chi connectivity index (χ1v) is 9.20. The molecule has 0 radical (unpaired) electrons. The molecule has 6 heteroatoms. The van der Waals surface area contributed by atoms with E-state index in [0.29, 0.717) is 43.5 Å². The van der Waals surface area contributed by atoms with Crippen LogP contribution >= 0.6 is 0 Å².